The fraction of sp³-hybridized carbons (Fsp3) is 0.462. The first kappa shape index (κ1) is 29.0. The van der Waals surface area contributed by atoms with E-state index in [9.17, 15) is 18.0 Å². The van der Waals surface area contributed by atoms with E-state index < -0.39 is 28.5 Å². The number of anilines is 1. The van der Waals surface area contributed by atoms with Gasteiger partial charge < -0.3 is 19.7 Å². The number of methoxy groups -OCH3 is 2. The maximum atomic E-state index is 13.7. The summed E-state index contributed by atoms with van der Waals surface area (Å²) in [5.41, 5.74) is 2.10. The van der Waals surface area contributed by atoms with E-state index in [1.54, 1.807) is 12.1 Å². The molecule has 0 radical (unpaired) electrons. The number of hydrogen-bond donors (Lipinski definition) is 1. The highest BCUT2D eigenvalue weighted by atomic mass is 32.2. The van der Waals surface area contributed by atoms with Gasteiger partial charge in [0.25, 0.3) is 0 Å². The van der Waals surface area contributed by atoms with Crippen LogP contribution in [0.25, 0.3) is 0 Å². The van der Waals surface area contributed by atoms with Gasteiger partial charge in [0.15, 0.2) is 11.5 Å². The third-order valence-electron chi connectivity index (χ3n) is 5.87. The number of aryl methyl sites for hydroxylation is 1. The second-order valence-electron chi connectivity index (χ2n) is 8.47. The third-order valence-corrected chi connectivity index (χ3v) is 7.01. The zero-order valence-corrected chi connectivity index (χ0v) is 22.7. The van der Waals surface area contributed by atoms with Gasteiger partial charge in [-0.2, -0.15) is 0 Å². The first-order valence-electron chi connectivity index (χ1n) is 11.9. The number of hydrogen-bond acceptors (Lipinski definition) is 6. The molecule has 0 aliphatic rings. The van der Waals surface area contributed by atoms with E-state index in [0.29, 0.717) is 24.5 Å². The van der Waals surface area contributed by atoms with Crippen LogP contribution in [0, 0.1) is 6.92 Å². The van der Waals surface area contributed by atoms with Crippen molar-refractivity contribution >= 4 is 27.5 Å². The van der Waals surface area contributed by atoms with Crippen LogP contribution >= 0.6 is 0 Å². The molecule has 0 bridgehead atoms. The van der Waals surface area contributed by atoms with Crippen LogP contribution in [-0.4, -0.2) is 64.7 Å². The van der Waals surface area contributed by atoms with E-state index in [1.165, 1.54) is 25.2 Å². The second-order valence-corrected chi connectivity index (χ2v) is 10.4. The summed E-state index contributed by atoms with van der Waals surface area (Å²) in [6, 6.07) is 11.5. The molecule has 0 aromatic heterocycles. The van der Waals surface area contributed by atoms with Gasteiger partial charge >= 0.3 is 0 Å². The van der Waals surface area contributed by atoms with Crippen molar-refractivity contribution in [1.82, 2.24) is 10.2 Å². The third kappa shape index (κ3) is 7.36. The Hall–Kier alpha value is -3.27. The van der Waals surface area contributed by atoms with Crippen molar-refractivity contribution < 1.29 is 27.5 Å². The molecule has 0 aliphatic carbocycles. The minimum Gasteiger partial charge on any atom is -0.493 e. The number of benzene rings is 2. The molecule has 198 valence electrons. The zero-order chi connectivity index (χ0) is 26.9. The number of ether oxygens (including phenoxy) is 2. The van der Waals surface area contributed by atoms with Gasteiger partial charge in [0.2, 0.25) is 21.8 Å². The zero-order valence-electron chi connectivity index (χ0n) is 21.9. The molecule has 0 heterocycles. The van der Waals surface area contributed by atoms with Crippen molar-refractivity contribution in [2.45, 2.75) is 46.2 Å². The SMILES string of the molecule is CCCNC(=O)[C@@H](CC)N(Cc1ccccc1C)C(=O)CN(c1ccc(OC)c(OC)c1)S(C)(=O)=O. The Morgan fingerprint density at radius 2 is 1.69 bits per heavy atom. The van der Waals surface area contributed by atoms with Crippen LogP contribution in [-0.2, 0) is 26.2 Å². The average molecular weight is 520 g/mol. The summed E-state index contributed by atoms with van der Waals surface area (Å²) in [7, 11) is -0.924. The Balaban J connectivity index is 2.48. The van der Waals surface area contributed by atoms with Crippen LogP contribution in [0.4, 0.5) is 5.69 Å². The lowest BCUT2D eigenvalue weighted by Gasteiger charge is -2.33. The van der Waals surface area contributed by atoms with Gasteiger partial charge in [-0.15, -0.1) is 0 Å². The lowest BCUT2D eigenvalue weighted by Crippen LogP contribution is -2.52. The Labute approximate surface area is 214 Å². The molecule has 2 rings (SSSR count). The van der Waals surface area contributed by atoms with Crippen LogP contribution in [0.5, 0.6) is 11.5 Å². The van der Waals surface area contributed by atoms with Crippen LogP contribution < -0.4 is 19.1 Å². The van der Waals surface area contributed by atoms with Gasteiger partial charge in [-0.25, -0.2) is 8.42 Å². The summed E-state index contributed by atoms with van der Waals surface area (Å²) in [4.78, 5) is 28.2. The molecule has 2 aromatic rings. The van der Waals surface area contributed by atoms with E-state index in [-0.39, 0.29) is 18.1 Å². The van der Waals surface area contributed by atoms with Crippen LogP contribution in [0.1, 0.15) is 37.8 Å². The molecule has 1 N–H and O–H groups in total. The molecule has 0 fully saturated rings. The van der Waals surface area contributed by atoms with E-state index in [1.807, 2.05) is 45.0 Å². The number of sulfonamides is 1. The largest absolute Gasteiger partial charge is 0.493 e. The summed E-state index contributed by atoms with van der Waals surface area (Å²) >= 11 is 0. The summed E-state index contributed by atoms with van der Waals surface area (Å²) in [6.07, 6.45) is 2.17. The van der Waals surface area contributed by atoms with Crippen LogP contribution in [0.15, 0.2) is 42.5 Å². The van der Waals surface area contributed by atoms with E-state index in [4.69, 9.17) is 9.47 Å². The minimum absolute atomic E-state index is 0.174. The van der Waals surface area contributed by atoms with E-state index >= 15 is 0 Å². The van der Waals surface area contributed by atoms with Crippen LogP contribution in [0.2, 0.25) is 0 Å². The smallest absolute Gasteiger partial charge is 0.244 e. The number of amides is 2. The average Bonchev–Trinajstić information content (AvgIpc) is 2.85. The molecular formula is C26H37N3O6S. The predicted molar refractivity (Wildman–Crippen MR) is 141 cm³/mol. The Bertz CT molecular complexity index is 1150. The van der Waals surface area contributed by atoms with Gasteiger partial charge in [0.1, 0.15) is 12.6 Å². The van der Waals surface area contributed by atoms with Crippen molar-refractivity contribution in [3.05, 3.63) is 53.6 Å². The molecule has 0 aliphatic heterocycles. The summed E-state index contributed by atoms with van der Waals surface area (Å²) in [6.45, 7) is 5.90. The van der Waals surface area contributed by atoms with E-state index in [2.05, 4.69) is 5.32 Å². The quantitative estimate of drug-likeness (QED) is 0.436. The number of rotatable bonds is 13. The van der Waals surface area contributed by atoms with Crippen LogP contribution in [0.3, 0.4) is 0 Å². The summed E-state index contributed by atoms with van der Waals surface area (Å²) in [5, 5.41) is 2.87. The molecule has 0 saturated heterocycles. The molecule has 1 atom stereocenters. The van der Waals surface area contributed by atoms with Crippen molar-refractivity contribution in [2.75, 3.05) is 37.9 Å². The number of carbonyl (C=O) groups excluding carboxylic acids is 2. The van der Waals surface area contributed by atoms with Crippen molar-refractivity contribution in [3.8, 4) is 11.5 Å². The molecule has 2 amide bonds. The summed E-state index contributed by atoms with van der Waals surface area (Å²) in [5.74, 6) is 0.00867. The number of carbonyl (C=O) groups is 2. The Morgan fingerprint density at radius 1 is 1.03 bits per heavy atom. The standard InChI is InChI=1S/C26H37N3O6S/c1-7-15-27-26(31)22(8-2)28(17-20-12-10-9-11-19(20)3)25(30)18-29(36(6,32)33)21-13-14-23(34-4)24(16-21)35-5/h9-14,16,22H,7-8,15,17-18H2,1-6H3,(H,27,31)/t22-/m1/s1. The Kier molecular flexibility index (Phi) is 10.6. The second kappa shape index (κ2) is 13.2. The fourth-order valence-corrected chi connectivity index (χ4v) is 4.69. The first-order chi connectivity index (χ1) is 17.1. The minimum atomic E-state index is -3.85. The lowest BCUT2D eigenvalue weighted by molar-refractivity contribution is -0.140. The van der Waals surface area contributed by atoms with Gasteiger partial charge in [-0.1, -0.05) is 38.1 Å². The highest BCUT2D eigenvalue weighted by Crippen LogP contribution is 2.32. The molecule has 36 heavy (non-hydrogen) atoms. The van der Waals surface area contributed by atoms with Crippen molar-refractivity contribution in [1.29, 1.82) is 0 Å². The lowest BCUT2D eigenvalue weighted by atomic mass is 10.1. The predicted octanol–water partition coefficient (Wildman–Crippen LogP) is 3.11. The first-order valence-corrected chi connectivity index (χ1v) is 13.7. The molecule has 0 unspecified atom stereocenters. The maximum Gasteiger partial charge on any atom is 0.244 e. The number of nitrogens with one attached hydrogen (secondary N) is 1. The normalized spacial score (nSPS) is 11.9. The highest BCUT2D eigenvalue weighted by molar-refractivity contribution is 7.92. The molecule has 10 heteroatoms. The maximum absolute atomic E-state index is 13.7. The monoisotopic (exact) mass is 519 g/mol. The number of nitrogens with zero attached hydrogens (tertiary/aromatic N) is 2. The molecular weight excluding hydrogens is 482 g/mol. The van der Waals surface area contributed by atoms with Gasteiger partial charge in [0.05, 0.1) is 26.2 Å². The molecule has 0 spiro atoms. The van der Waals surface area contributed by atoms with Gasteiger partial charge in [-0.3, -0.25) is 13.9 Å². The topological polar surface area (TPSA) is 105 Å². The van der Waals surface area contributed by atoms with Crippen molar-refractivity contribution in [2.24, 2.45) is 0 Å². The van der Waals surface area contributed by atoms with E-state index in [0.717, 1.165) is 28.1 Å². The summed E-state index contributed by atoms with van der Waals surface area (Å²) < 4.78 is 37.1. The fourth-order valence-electron chi connectivity index (χ4n) is 3.85. The molecule has 0 saturated carbocycles. The molecule has 9 nitrogen and oxygen atoms in total. The highest BCUT2D eigenvalue weighted by Gasteiger charge is 2.32. The molecule has 2 aromatic carbocycles. The van der Waals surface area contributed by atoms with Gasteiger partial charge in [-0.05, 0) is 43.0 Å². The van der Waals surface area contributed by atoms with Crippen molar-refractivity contribution in [3.63, 3.8) is 0 Å². The Morgan fingerprint density at radius 3 is 2.25 bits per heavy atom. The van der Waals surface area contributed by atoms with Gasteiger partial charge in [0, 0.05) is 19.2 Å².